The van der Waals surface area contributed by atoms with Crippen LogP contribution in [0.5, 0.6) is 0 Å². The van der Waals surface area contributed by atoms with Crippen molar-refractivity contribution in [3.8, 4) is 5.69 Å². The molecule has 0 atom stereocenters. The zero-order valence-electron chi connectivity index (χ0n) is 16.2. The van der Waals surface area contributed by atoms with Gasteiger partial charge in [0.15, 0.2) is 5.11 Å². The number of aryl methyl sites for hydroxylation is 1. The van der Waals surface area contributed by atoms with Crippen LogP contribution < -0.4 is 10.2 Å². The number of carbonyl (C=O) groups excluding carboxylic acids is 2. The van der Waals surface area contributed by atoms with Gasteiger partial charge in [0.05, 0.1) is 17.6 Å². The quantitative estimate of drug-likeness (QED) is 0.400. The molecule has 2 aromatic heterocycles. The zero-order chi connectivity index (χ0) is 21.4. The standard InChI is InChI=1S/C22H17FN4O2S/c1-13-10-15(14(2)26(13)18-4-3-9-24-12-18)11-19-20(28)25-22(30)27(21(19)29)17-7-5-16(23)6-8-17/h3-12H,1-2H3,(H,25,28,30)/b19-11+. The summed E-state index contributed by atoms with van der Waals surface area (Å²) in [6, 6.07) is 11.0. The minimum absolute atomic E-state index is 0.0467. The molecule has 2 amide bonds. The lowest BCUT2D eigenvalue weighted by molar-refractivity contribution is -0.122. The number of aromatic nitrogens is 2. The van der Waals surface area contributed by atoms with Gasteiger partial charge in [-0.15, -0.1) is 0 Å². The van der Waals surface area contributed by atoms with Crippen LogP contribution in [0.4, 0.5) is 10.1 Å². The number of amides is 2. The normalized spacial score (nSPS) is 15.6. The highest BCUT2D eigenvalue weighted by molar-refractivity contribution is 7.80. The second-order valence-corrected chi connectivity index (χ2v) is 7.19. The van der Waals surface area contributed by atoms with Crippen LogP contribution in [-0.2, 0) is 9.59 Å². The first-order chi connectivity index (χ1) is 14.4. The second kappa shape index (κ2) is 7.64. The van der Waals surface area contributed by atoms with Gasteiger partial charge in [-0.2, -0.15) is 0 Å². The molecule has 1 fully saturated rings. The smallest absolute Gasteiger partial charge is 0.270 e. The summed E-state index contributed by atoms with van der Waals surface area (Å²) in [7, 11) is 0. The lowest BCUT2D eigenvalue weighted by Crippen LogP contribution is -2.54. The highest BCUT2D eigenvalue weighted by Gasteiger charge is 2.34. The van der Waals surface area contributed by atoms with Crippen molar-refractivity contribution in [2.45, 2.75) is 13.8 Å². The lowest BCUT2D eigenvalue weighted by Gasteiger charge is -2.28. The summed E-state index contributed by atoms with van der Waals surface area (Å²) in [4.78, 5) is 31.0. The maximum absolute atomic E-state index is 13.3. The number of anilines is 1. The van der Waals surface area contributed by atoms with Crippen LogP contribution in [0.25, 0.3) is 11.8 Å². The summed E-state index contributed by atoms with van der Waals surface area (Å²) in [6.45, 7) is 3.84. The predicted molar refractivity (Wildman–Crippen MR) is 116 cm³/mol. The first-order valence-electron chi connectivity index (χ1n) is 9.13. The number of benzene rings is 1. The Morgan fingerprint density at radius 3 is 2.50 bits per heavy atom. The fraction of sp³-hybridized carbons (Fsp3) is 0.0909. The molecule has 1 aliphatic heterocycles. The van der Waals surface area contributed by atoms with Crippen molar-refractivity contribution in [1.29, 1.82) is 0 Å². The van der Waals surface area contributed by atoms with Crippen molar-refractivity contribution < 1.29 is 14.0 Å². The Morgan fingerprint density at radius 1 is 1.10 bits per heavy atom. The maximum atomic E-state index is 13.3. The number of pyridine rings is 1. The maximum Gasteiger partial charge on any atom is 0.270 e. The van der Waals surface area contributed by atoms with Crippen molar-refractivity contribution in [1.82, 2.24) is 14.9 Å². The van der Waals surface area contributed by atoms with Crippen LogP contribution in [-0.4, -0.2) is 26.5 Å². The Balaban J connectivity index is 1.76. The molecule has 0 radical (unpaired) electrons. The highest BCUT2D eigenvalue weighted by Crippen LogP contribution is 2.26. The molecule has 0 aliphatic carbocycles. The van der Waals surface area contributed by atoms with E-state index in [-0.39, 0.29) is 10.7 Å². The van der Waals surface area contributed by atoms with E-state index in [0.717, 1.165) is 22.6 Å². The highest BCUT2D eigenvalue weighted by atomic mass is 32.1. The molecule has 0 saturated carbocycles. The fourth-order valence-electron chi connectivity index (χ4n) is 3.45. The number of hydrogen-bond acceptors (Lipinski definition) is 4. The Morgan fingerprint density at radius 2 is 1.83 bits per heavy atom. The van der Waals surface area contributed by atoms with Crippen LogP contribution in [0, 0.1) is 19.7 Å². The summed E-state index contributed by atoms with van der Waals surface area (Å²) in [5.74, 6) is -1.58. The van der Waals surface area contributed by atoms with Gasteiger partial charge in [0.25, 0.3) is 11.8 Å². The van der Waals surface area contributed by atoms with Crippen molar-refractivity contribution in [3.63, 3.8) is 0 Å². The number of halogens is 1. The average Bonchev–Trinajstić information content (AvgIpc) is 3.00. The third-order valence-electron chi connectivity index (χ3n) is 4.86. The number of thiocarbonyl (C=S) groups is 1. The molecule has 150 valence electrons. The van der Waals surface area contributed by atoms with Crippen molar-refractivity contribution >= 4 is 40.9 Å². The lowest BCUT2D eigenvalue weighted by atomic mass is 10.1. The molecule has 4 rings (SSSR count). The number of carbonyl (C=O) groups is 2. The summed E-state index contributed by atoms with van der Waals surface area (Å²) >= 11 is 5.17. The Labute approximate surface area is 177 Å². The van der Waals surface area contributed by atoms with Crippen LogP contribution in [0.1, 0.15) is 17.0 Å². The molecule has 1 saturated heterocycles. The molecule has 1 aromatic carbocycles. The Hall–Kier alpha value is -3.65. The summed E-state index contributed by atoms with van der Waals surface area (Å²) in [6.07, 6.45) is 4.98. The largest absolute Gasteiger partial charge is 0.316 e. The van der Waals surface area contributed by atoms with E-state index in [1.807, 2.05) is 36.6 Å². The molecule has 8 heteroatoms. The van der Waals surface area contributed by atoms with Gasteiger partial charge < -0.3 is 4.57 Å². The molecule has 30 heavy (non-hydrogen) atoms. The molecule has 1 aliphatic rings. The number of hydrogen-bond donors (Lipinski definition) is 1. The van der Waals surface area contributed by atoms with Crippen molar-refractivity contribution in [2.24, 2.45) is 0 Å². The molecule has 1 N–H and O–H groups in total. The van der Waals surface area contributed by atoms with Gasteiger partial charge in [0.2, 0.25) is 0 Å². The fourth-order valence-corrected chi connectivity index (χ4v) is 3.74. The van der Waals surface area contributed by atoms with Gasteiger partial charge >= 0.3 is 0 Å². The van der Waals surface area contributed by atoms with E-state index in [1.165, 1.54) is 29.2 Å². The van der Waals surface area contributed by atoms with Crippen LogP contribution in [0.15, 0.2) is 60.4 Å². The number of nitrogens with one attached hydrogen (secondary N) is 1. The molecule has 3 aromatic rings. The molecular weight excluding hydrogens is 403 g/mol. The van der Waals surface area contributed by atoms with Gasteiger partial charge in [-0.05, 0) is 80.2 Å². The zero-order valence-corrected chi connectivity index (χ0v) is 17.0. The van der Waals surface area contributed by atoms with Crippen molar-refractivity contribution in [2.75, 3.05) is 4.90 Å². The Kier molecular flexibility index (Phi) is 5.01. The van der Waals surface area contributed by atoms with E-state index < -0.39 is 17.6 Å². The predicted octanol–water partition coefficient (Wildman–Crippen LogP) is 3.46. The van der Waals surface area contributed by atoms with Gasteiger partial charge in [0, 0.05) is 17.6 Å². The van der Waals surface area contributed by atoms with Crippen LogP contribution in [0.2, 0.25) is 0 Å². The third-order valence-corrected chi connectivity index (χ3v) is 5.15. The third kappa shape index (κ3) is 3.42. The Bertz CT molecular complexity index is 1200. The second-order valence-electron chi connectivity index (χ2n) is 6.81. The topological polar surface area (TPSA) is 67.2 Å². The van der Waals surface area contributed by atoms with Crippen LogP contribution >= 0.6 is 12.2 Å². The van der Waals surface area contributed by atoms with E-state index in [0.29, 0.717) is 5.69 Å². The first kappa shape index (κ1) is 19.7. The SMILES string of the molecule is Cc1cc(/C=C2\C(=O)NC(=S)N(c3ccc(F)cc3)C2=O)c(C)n1-c1cccnc1. The summed E-state index contributed by atoms with van der Waals surface area (Å²) in [5, 5.41) is 2.49. The van der Waals surface area contributed by atoms with Gasteiger partial charge in [-0.3, -0.25) is 24.8 Å². The average molecular weight is 420 g/mol. The first-order valence-corrected chi connectivity index (χ1v) is 9.54. The molecule has 6 nitrogen and oxygen atoms in total. The molecule has 0 spiro atoms. The number of nitrogens with zero attached hydrogens (tertiary/aromatic N) is 3. The van der Waals surface area contributed by atoms with E-state index >= 15 is 0 Å². The molecular formula is C22H17FN4O2S. The van der Waals surface area contributed by atoms with Crippen molar-refractivity contribution in [3.05, 3.63) is 83.2 Å². The summed E-state index contributed by atoms with van der Waals surface area (Å²) < 4.78 is 15.3. The summed E-state index contributed by atoms with van der Waals surface area (Å²) in [5.41, 5.74) is 3.71. The van der Waals surface area contributed by atoms with Gasteiger partial charge in [-0.1, -0.05) is 0 Å². The minimum Gasteiger partial charge on any atom is -0.316 e. The molecule has 0 unspecified atom stereocenters. The monoisotopic (exact) mass is 420 g/mol. The van der Waals surface area contributed by atoms with Gasteiger partial charge in [0.1, 0.15) is 11.4 Å². The number of rotatable bonds is 3. The van der Waals surface area contributed by atoms with Gasteiger partial charge in [-0.25, -0.2) is 4.39 Å². The molecule has 3 heterocycles. The molecule has 0 bridgehead atoms. The van der Waals surface area contributed by atoms with E-state index in [4.69, 9.17) is 12.2 Å². The van der Waals surface area contributed by atoms with Crippen LogP contribution in [0.3, 0.4) is 0 Å². The van der Waals surface area contributed by atoms with E-state index in [9.17, 15) is 14.0 Å². The van der Waals surface area contributed by atoms with E-state index in [1.54, 1.807) is 18.5 Å². The van der Waals surface area contributed by atoms with E-state index in [2.05, 4.69) is 10.3 Å². The minimum atomic E-state index is -0.574.